The van der Waals surface area contributed by atoms with Crippen LogP contribution in [0.5, 0.6) is 0 Å². The maximum absolute atomic E-state index is 13.2. The van der Waals surface area contributed by atoms with Gasteiger partial charge < -0.3 is 9.47 Å². The van der Waals surface area contributed by atoms with Crippen LogP contribution in [0.2, 0.25) is 0 Å². The summed E-state index contributed by atoms with van der Waals surface area (Å²) in [5, 5.41) is 4.85. The number of rotatable bonds is 4. The molecule has 30 heavy (non-hydrogen) atoms. The molecule has 2 aromatic heterocycles. The van der Waals surface area contributed by atoms with Crippen molar-refractivity contribution in [1.82, 2.24) is 24.2 Å². The van der Waals surface area contributed by atoms with E-state index in [-0.39, 0.29) is 5.91 Å². The number of carbonyl (C=O) groups is 1. The highest BCUT2D eigenvalue weighted by atomic mass is 16.2. The highest BCUT2D eigenvalue weighted by Gasteiger charge is 2.31. The maximum Gasteiger partial charge on any atom is 0.254 e. The Morgan fingerprint density at radius 2 is 1.97 bits per heavy atom. The van der Waals surface area contributed by atoms with Crippen LogP contribution in [-0.2, 0) is 26.6 Å². The van der Waals surface area contributed by atoms with Gasteiger partial charge in [0.1, 0.15) is 5.69 Å². The van der Waals surface area contributed by atoms with Gasteiger partial charge in [0.15, 0.2) is 5.82 Å². The third-order valence-corrected chi connectivity index (χ3v) is 6.69. The van der Waals surface area contributed by atoms with Crippen molar-refractivity contribution in [3.8, 4) is 11.5 Å². The van der Waals surface area contributed by atoms with Crippen LogP contribution in [0, 0.1) is 26.7 Å². The average Bonchev–Trinajstić information content (AvgIpc) is 3.41. The van der Waals surface area contributed by atoms with Gasteiger partial charge in [0.05, 0.1) is 6.54 Å². The average molecular weight is 404 g/mol. The first-order valence-corrected chi connectivity index (χ1v) is 10.9. The van der Waals surface area contributed by atoms with Crippen LogP contribution in [0.4, 0.5) is 0 Å². The third-order valence-electron chi connectivity index (χ3n) is 6.69. The largest absolute Gasteiger partial charge is 0.334 e. The molecule has 0 spiro atoms. The van der Waals surface area contributed by atoms with Crippen molar-refractivity contribution >= 4 is 5.91 Å². The van der Waals surface area contributed by atoms with E-state index in [1.165, 1.54) is 29.8 Å². The van der Waals surface area contributed by atoms with Crippen LogP contribution in [0.1, 0.15) is 51.3 Å². The Morgan fingerprint density at radius 3 is 2.70 bits per heavy atom. The van der Waals surface area contributed by atoms with Crippen LogP contribution in [0.3, 0.4) is 0 Å². The molecule has 0 bridgehead atoms. The van der Waals surface area contributed by atoms with Crippen molar-refractivity contribution in [2.75, 3.05) is 6.54 Å². The van der Waals surface area contributed by atoms with E-state index < -0.39 is 0 Å². The number of imidazole rings is 1. The van der Waals surface area contributed by atoms with E-state index >= 15 is 0 Å². The van der Waals surface area contributed by atoms with E-state index in [2.05, 4.69) is 25.3 Å². The van der Waals surface area contributed by atoms with Crippen LogP contribution >= 0.6 is 0 Å². The zero-order valence-corrected chi connectivity index (χ0v) is 18.3. The molecule has 0 atom stereocenters. The molecular weight excluding hydrogens is 374 g/mol. The zero-order chi connectivity index (χ0) is 21.0. The highest BCUT2D eigenvalue weighted by Crippen LogP contribution is 2.35. The number of carbonyl (C=O) groups excluding carboxylic acids is 1. The second-order valence-electron chi connectivity index (χ2n) is 8.95. The second kappa shape index (κ2) is 7.11. The highest BCUT2D eigenvalue weighted by molar-refractivity contribution is 5.94. The lowest BCUT2D eigenvalue weighted by Crippen LogP contribution is -2.36. The molecular formula is C24H29N5O. The molecule has 156 valence electrons. The number of fused-ring (bicyclic) bond motifs is 1. The van der Waals surface area contributed by atoms with E-state index in [1.54, 1.807) is 0 Å². The molecule has 1 aliphatic heterocycles. The zero-order valence-electron chi connectivity index (χ0n) is 18.3. The van der Waals surface area contributed by atoms with Crippen molar-refractivity contribution in [2.45, 2.75) is 53.1 Å². The Kier molecular flexibility index (Phi) is 4.53. The van der Waals surface area contributed by atoms with E-state index in [9.17, 15) is 4.79 Å². The first-order valence-electron chi connectivity index (χ1n) is 10.9. The van der Waals surface area contributed by atoms with Gasteiger partial charge in [0.25, 0.3) is 5.91 Å². The van der Waals surface area contributed by atoms with E-state index in [0.717, 1.165) is 47.1 Å². The Hall–Kier alpha value is -2.89. The summed E-state index contributed by atoms with van der Waals surface area (Å²) in [5.41, 5.74) is 7.58. The summed E-state index contributed by atoms with van der Waals surface area (Å²) in [7, 11) is 2.00. The molecule has 0 saturated heterocycles. The normalized spacial score (nSPS) is 16.1. The van der Waals surface area contributed by atoms with Crippen LogP contribution < -0.4 is 0 Å². The fraction of sp³-hybridized carbons (Fsp3) is 0.458. The Labute approximate surface area is 177 Å². The van der Waals surface area contributed by atoms with Crippen LogP contribution in [0.15, 0.2) is 24.4 Å². The molecule has 1 saturated carbocycles. The van der Waals surface area contributed by atoms with Gasteiger partial charge in [-0.25, -0.2) is 4.98 Å². The fourth-order valence-electron chi connectivity index (χ4n) is 4.44. The van der Waals surface area contributed by atoms with E-state index in [1.807, 2.05) is 41.0 Å². The molecule has 5 rings (SSSR count). The minimum atomic E-state index is 0.0936. The molecule has 0 radical (unpaired) electrons. The second-order valence-corrected chi connectivity index (χ2v) is 8.95. The molecule has 6 heteroatoms. The van der Waals surface area contributed by atoms with Crippen molar-refractivity contribution in [1.29, 1.82) is 0 Å². The molecule has 2 aliphatic rings. The number of aryl methyl sites for hydroxylation is 4. The summed E-state index contributed by atoms with van der Waals surface area (Å²) in [6.45, 7) is 8.56. The fourth-order valence-corrected chi connectivity index (χ4v) is 4.44. The van der Waals surface area contributed by atoms with Gasteiger partial charge in [-0.15, -0.1) is 0 Å². The van der Waals surface area contributed by atoms with Crippen molar-refractivity contribution in [2.24, 2.45) is 13.0 Å². The molecule has 1 aromatic carbocycles. The number of benzene rings is 1. The van der Waals surface area contributed by atoms with Gasteiger partial charge >= 0.3 is 0 Å². The number of hydrogen-bond acceptors (Lipinski definition) is 3. The first-order chi connectivity index (χ1) is 14.4. The summed E-state index contributed by atoms with van der Waals surface area (Å²) in [6, 6.07) is 5.98. The van der Waals surface area contributed by atoms with Crippen molar-refractivity contribution < 1.29 is 4.79 Å². The maximum atomic E-state index is 13.2. The summed E-state index contributed by atoms with van der Waals surface area (Å²) < 4.78 is 4.29. The Balaban J connectivity index is 1.48. The number of hydrogen-bond donors (Lipinski definition) is 0. The minimum Gasteiger partial charge on any atom is -0.334 e. The standard InChI is InChI=1S/C24H29N5O/c1-15-5-8-19(11-16(15)2)24(30)28-10-9-21-20(14-28)22(26-27(21)4)23-25-12-17(3)29(23)13-18-6-7-18/h5,8,11-12,18H,6-7,9-10,13-14H2,1-4H3. The first kappa shape index (κ1) is 19.1. The predicted molar refractivity (Wildman–Crippen MR) is 116 cm³/mol. The number of nitrogens with zero attached hydrogens (tertiary/aromatic N) is 5. The molecule has 6 nitrogen and oxygen atoms in total. The Bertz CT molecular complexity index is 1130. The molecule has 1 fully saturated rings. The van der Waals surface area contributed by atoms with Gasteiger partial charge in [-0.1, -0.05) is 6.07 Å². The van der Waals surface area contributed by atoms with Crippen molar-refractivity contribution in [3.05, 3.63) is 58.0 Å². The lowest BCUT2D eigenvalue weighted by atomic mass is 10.0. The van der Waals surface area contributed by atoms with Gasteiger partial charge in [0, 0.05) is 55.3 Å². The Morgan fingerprint density at radius 1 is 1.17 bits per heavy atom. The van der Waals surface area contributed by atoms with Crippen LogP contribution in [0.25, 0.3) is 11.5 Å². The molecule has 0 unspecified atom stereocenters. The molecule has 1 aliphatic carbocycles. The smallest absolute Gasteiger partial charge is 0.254 e. The molecule has 3 aromatic rings. The number of aromatic nitrogens is 4. The summed E-state index contributed by atoms with van der Waals surface area (Å²) in [6.07, 6.45) is 5.36. The summed E-state index contributed by atoms with van der Waals surface area (Å²) in [5.74, 6) is 1.80. The molecule has 3 heterocycles. The third kappa shape index (κ3) is 3.24. The summed E-state index contributed by atoms with van der Waals surface area (Å²) in [4.78, 5) is 19.9. The topological polar surface area (TPSA) is 56.0 Å². The molecule has 1 amide bonds. The predicted octanol–water partition coefficient (Wildman–Crippen LogP) is 3.82. The van der Waals surface area contributed by atoms with Gasteiger partial charge in [-0.2, -0.15) is 5.10 Å². The monoisotopic (exact) mass is 403 g/mol. The summed E-state index contributed by atoms with van der Waals surface area (Å²) >= 11 is 0. The van der Waals surface area contributed by atoms with Crippen LogP contribution in [-0.4, -0.2) is 36.7 Å². The number of amides is 1. The van der Waals surface area contributed by atoms with Gasteiger partial charge in [0.2, 0.25) is 0 Å². The lowest BCUT2D eigenvalue weighted by Gasteiger charge is -2.28. The van der Waals surface area contributed by atoms with Gasteiger partial charge in [-0.3, -0.25) is 9.48 Å². The van der Waals surface area contributed by atoms with Gasteiger partial charge in [-0.05, 0) is 62.8 Å². The van der Waals surface area contributed by atoms with E-state index in [4.69, 9.17) is 10.1 Å². The SMILES string of the molecule is Cc1ccc(C(=O)N2CCc3c(c(-c4ncc(C)n4CC4CC4)nn3C)C2)cc1C. The quantitative estimate of drug-likeness (QED) is 0.665. The minimum absolute atomic E-state index is 0.0936. The lowest BCUT2D eigenvalue weighted by molar-refractivity contribution is 0.0733. The van der Waals surface area contributed by atoms with Crippen molar-refractivity contribution in [3.63, 3.8) is 0 Å². The van der Waals surface area contributed by atoms with E-state index in [0.29, 0.717) is 13.1 Å². The molecule has 0 N–H and O–H groups in total.